The first-order chi connectivity index (χ1) is 14.5. The molecule has 0 saturated carbocycles. The number of methoxy groups -OCH3 is 1. The smallest absolute Gasteiger partial charge is 0.251 e. The van der Waals surface area contributed by atoms with Crippen molar-refractivity contribution in [2.24, 2.45) is 0 Å². The summed E-state index contributed by atoms with van der Waals surface area (Å²) in [5.74, 6) is 1.73. The molecule has 8 heteroatoms. The predicted octanol–water partition coefficient (Wildman–Crippen LogP) is 2.51. The maximum Gasteiger partial charge on any atom is 0.251 e. The Morgan fingerprint density at radius 1 is 1.13 bits per heavy atom. The SMILES string of the molecule is COCCNC(=O)c1ccc(CSc2nc(C)c(C)c(N3CCN(C)CC3)n2)cc1. The number of aryl methyl sites for hydroxylation is 1. The lowest BCUT2D eigenvalue weighted by molar-refractivity contribution is 0.0937. The van der Waals surface area contributed by atoms with Gasteiger partial charge in [-0.2, -0.15) is 0 Å². The number of carbonyl (C=O) groups is 1. The fourth-order valence-corrected chi connectivity index (χ4v) is 4.09. The number of ether oxygens (including phenoxy) is 1. The first-order valence-corrected chi connectivity index (χ1v) is 11.2. The Hall–Kier alpha value is -2.16. The third-order valence-corrected chi connectivity index (χ3v) is 6.24. The van der Waals surface area contributed by atoms with Crippen LogP contribution in [0.5, 0.6) is 0 Å². The Bertz CT molecular complexity index is 851. The van der Waals surface area contributed by atoms with Crippen molar-refractivity contribution in [2.75, 3.05) is 58.4 Å². The summed E-state index contributed by atoms with van der Waals surface area (Å²) in [6.45, 7) is 9.26. The van der Waals surface area contributed by atoms with Crippen molar-refractivity contribution < 1.29 is 9.53 Å². The van der Waals surface area contributed by atoms with E-state index < -0.39 is 0 Å². The molecule has 3 rings (SSSR count). The van der Waals surface area contributed by atoms with Crippen LogP contribution in [0, 0.1) is 13.8 Å². The van der Waals surface area contributed by atoms with E-state index in [4.69, 9.17) is 9.72 Å². The maximum absolute atomic E-state index is 12.1. The number of hydrogen-bond acceptors (Lipinski definition) is 7. The molecule has 1 fully saturated rings. The lowest BCUT2D eigenvalue weighted by Gasteiger charge is -2.34. The molecule has 1 N–H and O–H groups in total. The van der Waals surface area contributed by atoms with Crippen molar-refractivity contribution in [3.63, 3.8) is 0 Å². The number of nitrogens with one attached hydrogen (secondary N) is 1. The summed E-state index contributed by atoms with van der Waals surface area (Å²) < 4.78 is 4.95. The number of rotatable bonds is 8. The van der Waals surface area contributed by atoms with Gasteiger partial charge in [-0.1, -0.05) is 23.9 Å². The molecular formula is C22H31N5O2S. The van der Waals surface area contributed by atoms with Gasteiger partial charge in [0.15, 0.2) is 5.16 Å². The van der Waals surface area contributed by atoms with E-state index in [9.17, 15) is 4.79 Å². The van der Waals surface area contributed by atoms with E-state index in [1.54, 1.807) is 18.9 Å². The molecule has 1 aromatic heterocycles. The topological polar surface area (TPSA) is 70.6 Å². The highest BCUT2D eigenvalue weighted by Gasteiger charge is 2.19. The molecule has 30 heavy (non-hydrogen) atoms. The van der Waals surface area contributed by atoms with Crippen molar-refractivity contribution in [2.45, 2.75) is 24.8 Å². The van der Waals surface area contributed by atoms with Crippen LogP contribution < -0.4 is 10.2 Å². The van der Waals surface area contributed by atoms with Gasteiger partial charge in [0.2, 0.25) is 0 Å². The molecule has 0 unspecified atom stereocenters. The van der Waals surface area contributed by atoms with Gasteiger partial charge >= 0.3 is 0 Å². The molecule has 0 spiro atoms. The summed E-state index contributed by atoms with van der Waals surface area (Å²) in [4.78, 5) is 26.4. The molecule has 1 saturated heterocycles. The summed E-state index contributed by atoms with van der Waals surface area (Å²) in [5, 5.41) is 3.63. The Morgan fingerprint density at radius 2 is 1.83 bits per heavy atom. The minimum absolute atomic E-state index is 0.0828. The van der Waals surface area contributed by atoms with Gasteiger partial charge in [0.25, 0.3) is 5.91 Å². The van der Waals surface area contributed by atoms with E-state index >= 15 is 0 Å². The van der Waals surface area contributed by atoms with Crippen molar-refractivity contribution in [3.8, 4) is 0 Å². The van der Waals surface area contributed by atoms with Crippen molar-refractivity contribution >= 4 is 23.5 Å². The third kappa shape index (κ3) is 5.93. The van der Waals surface area contributed by atoms with Gasteiger partial charge in [0.05, 0.1) is 6.61 Å². The van der Waals surface area contributed by atoms with Crippen LogP contribution in [0.15, 0.2) is 29.4 Å². The Labute approximate surface area is 183 Å². The molecule has 2 heterocycles. The van der Waals surface area contributed by atoms with Gasteiger partial charge in [-0.15, -0.1) is 0 Å². The molecule has 0 radical (unpaired) electrons. The van der Waals surface area contributed by atoms with Crippen molar-refractivity contribution in [1.82, 2.24) is 20.2 Å². The second kappa shape index (κ2) is 10.7. The monoisotopic (exact) mass is 429 g/mol. The third-order valence-electron chi connectivity index (χ3n) is 5.32. The molecule has 0 aliphatic carbocycles. The summed E-state index contributed by atoms with van der Waals surface area (Å²) in [5.41, 5.74) is 3.98. The van der Waals surface area contributed by atoms with Gasteiger partial charge in [-0.25, -0.2) is 9.97 Å². The molecule has 2 aromatic rings. The minimum Gasteiger partial charge on any atom is -0.383 e. The quantitative estimate of drug-likeness (QED) is 0.393. The van der Waals surface area contributed by atoms with Gasteiger partial charge in [0.1, 0.15) is 5.82 Å². The first kappa shape index (κ1) is 22.5. The molecular weight excluding hydrogens is 398 g/mol. The molecule has 1 aliphatic rings. The molecule has 7 nitrogen and oxygen atoms in total. The van der Waals surface area contributed by atoms with Crippen LogP contribution >= 0.6 is 11.8 Å². The summed E-state index contributed by atoms with van der Waals surface area (Å²) in [7, 11) is 3.77. The van der Waals surface area contributed by atoms with Crippen LogP contribution in [0.3, 0.4) is 0 Å². The number of benzene rings is 1. The van der Waals surface area contributed by atoms with Gasteiger partial charge < -0.3 is 19.9 Å². The number of carbonyl (C=O) groups excluding carboxylic acids is 1. The average molecular weight is 430 g/mol. The van der Waals surface area contributed by atoms with Crippen LogP contribution in [0.2, 0.25) is 0 Å². The lowest BCUT2D eigenvalue weighted by Crippen LogP contribution is -2.45. The number of aromatic nitrogens is 2. The summed E-state index contributed by atoms with van der Waals surface area (Å²) in [6.07, 6.45) is 0. The zero-order chi connectivity index (χ0) is 21.5. The number of likely N-dealkylation sites (N-methyl/N-ethyl adjacent to an activating group) is 1. The van der Waals surface area contributed by atoms with E-state index in [1.807, 2.05) is 24.3 Å². The van der Waals surface area contributed by atoms with Crippen LogP contribution in [0.1, 0.15) is 27.2 Å². The second-order valence-corrected chi connectivity index (χ2v) is 8.51. The van der Waals surface area contributed by atoms with Crippen molar-refractivity contribution in [1.29, 1.82) is 0 Å². The normalized spacial score (nSPS) is 14.7. The average Bonchev–Trinajstić information content (AvgIpc) is 2.75. The van der Waals surface area contributed by atoms with Gasteiger partial charge in [-0.3, -0.25) is 4.79 Å². The molecule has 162 valence electrons. The fourth-order valence-electron chi connectivity index (χ4n) is 3.25. The number of amides is 1. The Kier molecular flexibility index (Phi) is 8.07. The zero-order valence-electron chi connectivity index (χ0n) is 18.3. The van der Waals surface area contributed by atoms with E-state index in [0.29, 0.717) is 18.7 Å². The van der Waals surface area contributed by atoms with E-state index in [1.165, 1.54) is 0 Å². The molecule has 1 aromatic carbocycles. The van der Waals surface area contributed by atoms with Crippen molar-refractivity contribution in [3.05, 3.63) is 46.6 Å². The fraction of sp³-hybridized carbons (Fsp3) is 0.500. The van der Waals surface area contributed by atoms with Gasteiger partial charge in [-0.05, 0) is 38.6 Å². The number of anilines is 1. The lowest BCUT2D eigenvalue weighted by atomic mass is 10.1. The number of hydrogen-bond donors (Lipinski definition) is 1. The predicted molar refractivity (Wildman–Crippen MR) is 121 cm³/mol. The van der Waals surface area contributed by atoms with Gasteiger partial charge in [0, 0.05) is 62.4 Å². The van der Waals surface area contributed by atoms with Crippen LogP contribution in [-0.4, -0.2) is 74.3 Å². The standard InChI is InChI=1S/C22H31N5O2S/c1-16-17(2)24-22(25-20(16)27-12-10-26(3)11-13-27)30-15-18-5-7-19(8-6-18)21(28)23-9-14-29-4/h5-8H,9-15H2,1-4H3,(H,23,28). The molecule has 1 amide bonds. The number of piperazine rings is 1. The zero-order valence-corrected chi connectivity index (χ0v) is 19.1. The maximum atomic E-state index is 12.1. The number of nitrogens with zero attached hydrogens (tertiary/aromatic N) is 4. The summed E-state index contributed by atoms with van der Waals surface area (Å²) in [6, 6.07) is 7.69. The second-order valence-electron chi connectivity index (χ2n) is 7.56. The highest BCUT2D eigenvalue weighted by Crippen LogP contribution is 2.26. The number of thioether (sulfide) groups is 1. The Balaban J connectivity index is 1.62. The molecule has 0 bridgehead atoms. The Morgan fingerprint density at radius 3 is 2.50 bits per heavy atom. The van der Waals surface area contributed by atoms with E-state index in [0.717, 1.165) is 59.7 Å². The van der Waals surface area contributed by atoms with Crippen LogP contribution in [-0.2, 0) is 10.5 Å². The van der Waals surface area contributed by atoms with E-state index in [2.05, 4.69) is 41.0 Å². The summed E-state index contributed by atoms with van der Waals surface area (Å²) >= 11 is 1.63. The largest absolute Gasteiger partial charge is 0.383 e. The van der Waals surface area contributed by atoms with E-state index in [-0.39, 0.29) is 5.91 Å². The van der Waals surface area contributed by atoms with Crippen LogP contribution in [0.4, 0.5) is 5.82 Å². The highest BCUT2D eigenvalue weighted by atomic mass is 32.2. The highest BCUT2D eigenvalue weighted by molar-refractivity contribution is 7.98. The minimum atomic E-state index is -0.0828. The first-order valence-electron chi connectivity index (χ1n) is 10.3. The molecule has 0 atom stereocenters. The molecule has 1 aliphatic heterocycles. The van der Waals surface area contributed by atoms with Crippen LogP contribution in [0.25, 0.3) is 0 Å².